The molecule has 2 heterocycles. The lowest BCUT2D eigenvalue weighted by Crippen LogP contribution is -2.42. The largest absolute Gasteiger partial charge is 0.372 e. The first kappa shape index (κ1) is 17.4. The molecule has 2 saturated heterocycles. The van der Waals surface area contributed by atoms with Crippen LogP contribution in [0.25, 0.3) is 0 Å². The van der Waals surface area contributed by atoms with Crippen LogP contribution in [-0.4, -0.2) is 55.1 Å². The Morgan fingerprint density at radius 2 is 1.79 bits per heavy atom. The molecule has 4 heteroatoms. The van der Waals surface area contributed by atoms with Gasteiger partial charge in [0.2, 0.25) is 5.91 Å². The smallest absolute Gasteiger partial charge is 0.248 e. The standard InChI is InChI=1S/C20H30N2O2/c1-3-24-15-19(23)22-13-10-20(16-22)8-11-21(12-9-20)14-18-6-4-17(2)5-7-18/h4-7H,3,8-16H2,1-2H3. The highest BCUT2D eigenvalue weighted by molar-refractivity contribution is 5.77. The van der Waals surface area contributed by atoms with Crippen LogP contribution in [0.3, 0.4) is 0 Å². The Kier molecular flexibility index (Phi) is 5.57. The van der Waals surface area contributed by atoms with Gasteiger partial charge in [0, 0.05) is 26.2 Å². The molecule has 132 valence electrons. The van der Waals surface area contributed by atoms with Gasteiger partial charge in [0.1, 0.15) is 6.61 Å². The van der Waals surface area contributed by atoms with E-state index in [1.54, 1.807) is 0 Å². The summed E-state index contributed by atoms with van der Waals surface area (Å²) in [6.45, 7) is 10.1. The molecule has 0 radical (unpaired) electrons. The molecule has 0 atom stereocenters. The zero-order chi connectivity index (χ0) is 17.0. The van der Waals surface area contributed by atoms with Crippen LogP contribution in [-0.2, 0) is 16.1 Å². The summed E-state index contributed by atoms with van der Waals surface area (Å²) in [6, 6.07) is 8.87. The molecule has 0 saturated carbocycles. The summed E-state index contributed by atoms with van der Waals surface area (Å²) in [5.74, 6) is 0.163. The fourth-order valence-electron chi connectivity index (χ4n) is 3.97. The van der Waals surface area contributed by atoms with E-state index in [4.69, 9.17) is 4.74 Å². The molecule has 1 amide bonds. The van der Waals surface area contributed by atoms with Crippen LogP contribution >= 0.6 is 0 Å². The van der Waals surface area contributed by atoms with E-state index in [1.165, 1.54) is 24.0 Å². The fraction of sp³-hybridized carbons (Fsp3) is 0.650. The molecule has 1 spiro atoms. The summed E-state index contributed by atoms with van der Waals surface area (Å²) in [4.78, 5) is 16.7. The Hall–Kier alpha value is -1.39. The van der Waals surface area contributed by atoms with E-state index in [0.29, 0.717) is 12.0 Å². The van der Waals surface area contributed by atoms with E-state index in [0.717, 1.165) is 39.1 Å². The number of nitrogens with zero attached hydrogens (tertiary/aromatic N) is 2. The second-order valence-corrected chi connectivity index (χ2v) is 7.46. The highest BCUT2D eigenvalue weighted by Gasteiger charge is 2.41. The summed E-state index contributed by atoms with van der Waals surface area (Å²) < 4.78 is 5.28. The lowest BCUT2D eigenvalue weighted by molar-refractivity contribution is -0.135. The number of carbonyl (C=O) groups excluding carboxylic acids is 1. The Morgan fingerprint density at radius 1 is 1.12 bits per heavy atom. The predicted molar refractivity (Wildman–Crippen MR) is 95.8 cm³/mol. The van der Waals surface area contributed by atoms with Crippen molar-refractivity contribution in [1.29, 1.82) is 0 Å². The lowest BCUT2D eigenvalue weighted by Gasteiger charge is -2.39. The van der Waals surface area contributed by atoms with Crippen molar-refractivity contribution in [2.45, 2.75) is 39.7 Å². The number of rotatable bonds is 5. The number of hydrogen-bond acceptors (Lipinski definition) is 3. The van der Waals surface area contributed by atoms with E-state index in [9.17, 15) is 4.79 Å². The average molecular weight is 330 g/mol. The molecule has 2 fully saturated rings. The Labute approximate surface area is 145 Å². The van der Waals surface area contributed by atoms with E-state index >= 15 is 0 Å². The van der Waals surface area contributed by atoms with Gasteiger partial charge in [0.15, 0.2) is 0 Å². The second-order valence-electron chi connectivity index (χ2n) is 7.46. The van der Waals surface area contributed by atoms with Gasteiger partial charge in [-0.1, -0.05) is 29.8 Å². The summed E-state index contributed by atoms with van der Waals surface area (Å²) >= 11 is 0. The van der Waals surface area contributed by atoms with Crippen LogP contribution in [0.5, 0.6) is 0 Å². The SMILES string of the molecule is CCOCC(=O)N1CCC2(CCN(Cc3ccc(C)cc3)CC2)C1. The monoisotopic (exact) mass is 330 g/mol. The van der Waals surface area contributed by atoms with Crippen molar-refractivity contribution in [2.24, 2.45) is 5.41 Å². The van der Waals surface area contributed by atoms with Gasteiger partial charge in [0.25, 0.3) is 0 Å². The Morgan fingerprint density at radius 3 is 2.46 bits per heavy atom. The zero-order valence-electron chi connectivity index (χ0n) is 15.1. The maximum Gasteiger partial charge on any atom is 0.248 e. The van der Waals surface area contributed by atoms with Crippen LogP contribution in [0.2, 0.25) is 0 Å². The molecule has 1 aromatic rings. The van der Waals surface area contributed by atoms with Crippen molar-refractivity contribution < 1.29 is 9.53 Å². The molecule has 0 bridgehead atoms. The molecule has 24 heavy (non-hydrogen) atoms. The molecule has 2 aliphatic heterocycles. The lowest BCUT2D eigenvalue weighted by atomic mass is 9.77. The molecule has 1 aromatic carbocycles. The van der Waals surface area contributed by atoms with Crippen molar-refractivity contribution in [2.75, 3.05) is 39.4 Å². The minimum absolute atomic E-state index is 0.163. The first-order valence-corrected chi connectivity index (χ1v) is 9.24. The van der Waals surface area contributed by atoms with Gasteiger partial charge in [-0.05, 0) is 57.2 Å². The van der Waals surface area contributed by atoms with Gasteiger partial charge >= 0.3 is 0 Å². The third-order valence-electron chi connectivity index (χ3n) is 5.66. The van der Waals surface area contributed by atoms with Crippen molar-refractivity contribution in [1.82, 2.24) is 9.80 Å². The third kappa shape index (κ3) is 4.17. The van der Waals surface area contributed by atoms with Gasteiger partial charge in [-0.2, -0.15) is 0 Å². The van der Waals surface area contributed by atoms with Crippen LogP contribution in [0.1, 0.15) is 37.3 Å². The number of likely N-dealkylation sites (tertiary alicyclic amines) is 2. The molecule has 0 aromatic heterocycles. The van der Waals surface area contributed by atoms with E-state index < -0.39 is 0 Å². The van der Waals surface area contributed by atoms with E-state index in [-0.39, 0.29) is 12.5 Å². The van der Waals surface area contributed by atoms with Crippen LogP contribution in [0, 0.1) is 12.3 Å². The van der Waals surface area contributed by atoms with Gasteiger partial charge in [-0.3, -0.25) is 9.69 Å². The quantitative estimate of drug-likeness (QED) is 0.832. The van der Waals surface area contributed by atoms with Crippen molar-refractivity contribution in [3.05, 3.63) is 35.4 Å². The number of aryl methyl sites for hydroxylation is 1. The first-order valence-electron chi connectivity index (χ1n) is 9.24. The number of piperidine rings is 1. The molecule has 2 aliphatic rings. The highest BCUT2D eigenvalue weighted by atomic mass is 16.5. The highest BCUT2D eigenvalue weighted by Crippen LogP contribution is 2.40. The third-order valence-corrected chi connectivity index (χ3v) is 5.66. The van der Waals surface area contributed by atoms with Crippen molar-refractivity contribution >= 4 is 5.91 Å². The average Bonchev–Trinajstić information content (AvgIpc) is 3.01. The van der Waals surface area contributed by atoms with Gasteiger partial charge < -0.3 is 9.64 Å². The van der Waals surface area contributed by atoms with Crippen molar-refractivity contribution in [3.8, 4) is 0 Å². The fourth-order valence-corrected chi connectivity index (χ4v) is 3.97. The van der Waals surface area contributed by atoms with E-state index in [2.05, 4.69) is 36.1 Å². The zero-order valence-corrected chi connectivity index (χ0v) is 15.1. The maximum absolute atomic E-state index is 12.2. The van der Waals surface area contributed by atoms with Crippen LogP contribution in [0.4, 0.5) is 0 Å². The summed E-state index contributed by atoms with van der Waals surface area (Å²) in [7, 11) is 0. The predicted octanol–water partition coefficient (Wildman–Crippen LogP) is 2.85. The van der Waals surface area contributed by atoms with Gasteiger partial charge in [0.05, 0.1) is 0 Å². The molecular formula is C20H30N2O2. The summed E-state index contributed by atoms with van der Waals surface area (Å²) in [5.41, 5.74) is 3.07. The number of hydrogen-bond donors (Lipinski definition) is 0. The minimum atomic E-state index is 0.163. The number of benzene rings is 1. The van der Waals surface area contributed by atoms with Crippen molar-refractivity contribution in [3.63, 3.8) is 0 Å². The molecule has 4 nitrogen and oxygen atoms in total. The second kappa shape index (κ2) is 7.66. The Balaban J connectivity index is 1.48. The molecule has 0 N–H and O–H groups in total. The first-order chi connectivity index (χ1) is 11.6. The Bertz CT molecular complexity index is 547. The molecule has 0 aliphatic carbocycles. The number of ether oxygens (including phenoxy) is 1. The summed E-state index contributed by atoms with van der Waals surface area (Å²) in [6.07, 6.45) is 3.57. The van der Waals surface area contributed by atoms with Crippen LogP contribution in [0.15, 0.2) is 24.3 Å². The summed E-state index contributed by atoms with van der Waals surface area (Å²) in [5, 5.41) is 0. The number of carbonyl (C=O) groups is 1. The minimum Gasteiger partial charge on any atom is -0.372 e. The van der Waals surface area contributed by atoms with E-state index in [1.807, 2.05) is 11.8 Å². The van der Waals surface area contributed by atoms with Crippen LogP contribution < -0.4 is 0 Å². The topological polar surface area (TPSA) is 32.8 Å². The molecule has 3 rings (SSSR count). The normalized spacial score (nSPS) is 20.7. The molecule has 0 unspecified atom stereocenters. The number of amides is 1. The van der Waals surface area contributed by atoms with Gasteiger partial charge in [-0.25, -0.2) is 0 Å². The molecular weight excluding hydrogens is 300 g/mol. The van der Waals surface area contributed by atoms with Gasteiger partial charge in [-0.15, -0.1) is 0 Å². The maximum atomic E-state index is 12.2.